The minimum atomic E-state index is -1.19. The van der Waals surface area contributed by atoms with Crippen LogP contribution in [0.4, 0.5) is 5.69 Å². The standard InChI is InChI=1S/C10H11N3O4/c1-17-9(16)6-2-5(8(14)15)3-7(4-6)13-10(11)12/h2-4H,1H3,(H,14,15)(H4,11,12,13). The summed E-state index contributed by atoms with van der Waals surface area (Å²) in [6, 6.07) is 3.76. The molecule has 5 N–H and O–H groups in total. The summed E-state index contributed by atoms with van der Waals surface area (Å²) in [6.07, 6.45) is 0. The van der Waals surface area contributed by atoms with Crippen LogP contribution in [0.15, 0.2) is 23.2 Å². The van der Waals surface area contributed by atoms with Crippen LogP contribution in [0.2, 0.25) is 0 Å². The van der Waals surface area contributed by atoms with Crippen LogP contribution in [0.25, 0.3) is 0 Å². The van der Waals surface area contributed by atoms with E-state index in [9.17, 15) is 9.59 Å². The second-order valence-electron chi connectivity index (χ2n) is 3.10. The van der Waals surface area contributed by atoms with Gasteiger partial charge in [-0.3, -0.25) is 0 Å². The summed E-state index contributed by atoms with van der Waals surface area (Å²) in [4.78, 5) is 25.8. The zero-order chi connectivity index (χ0) is 13.0. The number of carbonyl (C=O) groups is 2. The largest absolute Gasteiger partial charge is 0.478 e. The van der Waals surface area contributed by atoms with Crippen molar-refractivity contribution in [2.24, 2.45) is 16.5 Å². The zero-order valence-corrected chi connectivity index (χ0v) is 9.01. The van der Waals surface area contributed by atoms with Crippen molar-refractivity contribution in [3.05, 3.63) is 29.3 Å². The van der Waals surface area contributed by atoms with E-state index in [4.69, 9.17) is 16.6 Å². The molecule has 0 amide bonds. The average molecular weight is 237 g/mol. The molecule has 0 radical (unpaired) electrons. The second-order valence-corrected chi connectivity index (χ2v) is 3.10. The van der Waals surface area contributed by atoms with Gasteiger partial charge in [0.1, 0.15) is 0 Å². The number of esters is 1. The SMILES string of the molecule is COC(=O)c1cc(N=C(N)N)cc(C(=O)O)c1. The summed E-state index contributed by atoms with van der Waals surface area (Å²) < 4.78 is 4.49. The van der Waals surface area contributed by atoms with E-state index >= 15 is 0 Å². The third kappa shape index (κ3) is 3.20. The van der Waals surface area contributed by atoms with Crippen LogP contribution in [0.5, 0.6) is 0 Å². The Morgan fingerprint density at radius 3 is 2.29 bits per heavy atom. The number of hydrogen-bond acceptors (Lipinski definition) is 4. The van der Waals surface area contributed by atoms with Crippen molar-refractivity contribution in [1.82, 2.24) is 0 Å². The van der Waals surface area contributed by atoms with E-state index in [2.05, 4.69) is 9.73 Å². The number of carboxylic acid groups (broad SMARTS) is 1. The molecule has 0 heterocycles. The highest BCUT2D eigenvalue weighted by molar-refractivity contribution is 5.96. The number of aliphatic imine (C=N–C) groups is 1. The molecular formula is C10H11N3O4. The third-order valence-electron chi connectivity index (χ3n) is 1.84. The van der Waals surface area contributed by atoms with Gasteiger partial charge in [-0.05, 0) is 18.2 Å². The van der Waals surface area contributed by atoms with E-state index in [1.165, 1.54) is 25.3 Å². The summed E-state index contributed by atoms with van der Waals surface area (Å²) in [7, 11) is 1.19. The highest BCUT2D eigenvalue weighted by Crippen LogP contribution is 2.18. The molecule has 0 spiro atoms. The van der Waals surface area contributed by atoms with E-state index in [0.717, 1.165) is 0 Å². The predicted molar refractivity (Wildman–Crippen MR) is 60.2 cm³/mol. The molecule has 0 bridgehead atoms. The lowest BCUT2D eigenvalue weighted by atomic mass is 10.1. The highest BCUT2D eigenvalue weighted by atomic mass is 16.5. The fourth-order valence-electron chi connectivity index (χ4n) is 1.18. The summed E-state index contributed by atoms with van der Waals surface area (Å²) in [5, 5.41) is 8.86. The summed E-state index contributed by atoms with van der Waals surface area (Å²) in [5.74, 6) is -2.09. The van der Waals surface area contributed by atoms with Crippen LogP contribution in [0.1, 0.15) is 20.7 Å². The van der Waals surface area contributed by atoms with Crippen LogP contribution >= 0.6 is 0 Å². The first-order valence-corrected chi connectivity index (χ1v) is 4.50. The third-order valence-corrected chi connectivity index (χ3v) is 1.84. The lowest BCUT2D eigenvalue weighted by Crippen LogP contribution is -2.22. The Bertz CT molecular complexity index is 492. The fraction of sp³-hybridized carbons (Fsp3) is 0.100. The molecule has 0 aliphatic carbocycles. The molecule has 1 aromatic carbocycles. The number of carbonyl (C=O) groups excluding carboxylic acids is 1. The van der Waals surface area contributed by atoms with Gasteiger partial charge < -0.3 is 21.3 Å². The van der Waals surface area contributed by atoms with Gasteiger partial charge in [0.15, 0.2) is 5.96 Å². The van der Waals surface area contributed by atoms with Crippen LogP contribution in [-0.4, -0.2) is 30.1 Å². The Kier molecular flexibility index (Phi) is 3.66. The lowest BCUT2D eigenvalue weighted by Gasteiger charge is -2.03. The number of aromatic carboxylic acids is 1. The number of guanidine groups is 1. The predicted octanol–water partition coefficient (Wildman–Crippen LogP) is 0.0763. The summed E-state index contributed by atoms with van der Waals surface area (Å²) in [6.45, 7) is 0. The molecule has 7 nitrogen and oxygen atoms in total. The van der Waals surface area contributed by atoms with Crippen LogP contribution < -0.4 is 11.5 Å². The first-order chi connectivity index (χ1) is 7.93. The van der Waals surface area contributed by atoms with E-state index in [1.807, 2.05) is 0 Å². The smallest absolute Gasteiger partial charge is 0.337 e. The van der Waals surface area contributed by atoms with Crippen molar-refractivity contribution in [2.45, 2.75) is 0 Å². The van der Waals surface area contributed by atoms with Gasteiger partial charge in [0.25, 0.3) is 0 Å². The van der Waals surface area contributed by atoms with Gasteiger partial charge in [-0.1, -0.05) is 0 Å². The average Bonchev–Trinajstić information content (AvgIpc) is 2.26. The van der Waals surface area contributed by atoms with Crippen LogP contribution in [0, 0.1) is 0 Å². The van der Waals surface area contributed by atoms with E-state index in [-0.39, 0.29) is 22.8 Å². The monoisotopic (exact) mass is 237 g/mol. The molecule has 1 rings (SSSR count). The topological polar surface area (TPSA) is 128 Å². The van der Waals surface area contributed by atoms with E-state index in [1.54, 1.807) is 0 Å². The number of rotatable bonds is 3. The van der Waals surface area contributed by atoms with Gasteiger partial charge in [-0.25, -0.2) is 14.6 Å². The van der Waals surface area contributed by atoms with Gasteiger partial charge in [0, 0.05) is 0 Å². The van der Waals surface area contributed by atoms with Gasteiger partial charge >= 0.3 is 11.9 Å². The minimum Gasteiger partial charge on any atom is -0.478 e. The Balaban J connectivity index is 3.33. The number of nitrogens with two attached hydrogens (primary N) is 2. The maximum Gasteiger partial charge on any atom is 0.337 e. The molecule has 0 unspecified atom stereocenters. The maximum absolute atomic E-state index is 11.3. The molecule has 0 aliphatic rings. The minimum absolute atomic E-state index is 0.0624. The zero-order valence-electron chi connectivity index (χ0n) is 9.01. The molecule has 7 heteroatoms. The molecule has 90 valence electrons. The normalized spacial score (nSPS) is 9.47. The number of methoxy groups -OCH3 is 1. The van der Waals surface area contributed by atoms with Crippen molar-refractivity contribution >= 4 is 23.6 Å². The molecule has 17 heavy (non-hydrogen) atoms. The van der Waals surface area contributed by atoms with Gasteiger partial charge in [-0.2, -0.15) is 0 Å². The van der Waals surface area contributed by atoms with Crippen LogP contribution in [-0.2, 0) is 4.74 Å². The number of ether oxygens (including phenoxy) is 1. The molecule has 0 saturated carbocycles. The molecule has 0 atom stereocenters. The van der Waals surface area contributed by atoms with Gasteiger partial charge in [-0.15, -0.1) is 0 Å². The molecule has 0 saturated heterocycles. The number of carboxylic acids is 1. The van der Waals surface area contributed by atoms with Crippen molar-refractivity contribution in [1.29, 1.82) is 0 Å². The van der Waals surface area contributed by atoms with Gasteiger partial charge in [0.05, 0.1) is 23.9 Å². The quantitative estimate of drug-likeness (QED) is 0.388. The molecule has 0 aliphatic heterocycles. The fourth-order valence-corrected chi connectivity index (χ4v) is 1.18. The molecule has 0 fully saturated rings. The highest BCUT2D eigenvalue weighted by Gasteiger charge is 2.12. The Labute approximate surface area is 96.7 Å². The van der Waals surface area contributed by atoms with E-state index in [0.29, 0.717) is 0 Å². The van der Waals surface area contributed by atoms with Crippen molar-refractivity contribution in [3.8, 4) is 0 Å². The second kappa shape index (κ2) is 4.97. The van der Waals surface area contributed by atoms with Crippen LogP contribution in [0.3, 0.4) is 0 Å². The Morgan fingerprint density at radius 2 is 1.82 bits per heavy atom. The molecule has 0 aromatic heterocycles. The molecular weight excluding hydrogens is 226 g/mol. The summed E-state index contributed by atoms with van der Waals surface area (Å²) >= 11 is 0. The van der Waals surface area contributed by atoms with Gasteiger partial charge in [0.2, 0.25) is 0 Å². The van der Waals surface area contributed by atoms with Crippen molar-refractivity contribution in [2.75, 3.05) is 7.11 Å². The van der Waals surface area contributed by atoms with E-state index < -0.39 is 11.9 Å². The lowest BCUT2D eigenvalue weighted by molar-refractivity contribution is 0.0600. The number of nitrogens with zero attached hydrogens (tertiary/aromatic N) is 1. The van der Waals surface area contributed by atoms with Crippen molar-refractivity contribution < 1.29 is 19.4 Å². The first kappa shape index (κ1) is 12.5. The number of benzene rings is 1. The first-order valence-electron chi connectivity index (χ1n) is 4.50. The number of hydrogen-bond donors (Lipinski definition) is 3. The Morgan fingerprint density at radius 1 is 1.24 bits per heavy atom. The summed E-state index contributed by atoms with van der Waals surface area (Å²) in [5.41, 5.74) is 10.5. The maximum atomic E-state index is 11.3. The molecule has 1 aromatic rings. The Hall–Kier alpha value is -2.57. The van der Waals surface area contributed by atoms with Crippen molar-refractivity contribution in [3.63, 3.8) is 0 Å².